The number of rotatable bonds is 12. The lowest BCUT2D eigenvalue weighted by Crippen LogP contribution is -2.03. The molecule has 2 heteroatoms. The van der Waals surface area contributed by atoms with Gasteiger partial charge in [0.2, 0.25) is 0 Å². The molecular formula is C15H32O2. The highest BCUT2D eigenvalue weighted by Gasteiger charge is 2.01. The maximum Gasteiger partial charge on any atom is 0.0537 e. The minimum absolute atomic E-state index is 0.0782. The van der Waals surface area contributed by atoms with E-state index >= 15 is 0 Å². The molecular weight excluding hydrogens is 212 g/mol. The van der Waals surface area contributed by atoms with Crippen LogP contribution < -0.4 is 0 Å². The molecule has 0 saturated carbocycles. The average Bonchev–Trinajstić information content (AvgIpc) is 2.35. The zero-order chi connectivity index (χ0) is 12.9. The summed E-state index contributed by atoms with van der Waals surface area (Å²) >= 11 is 0. The third-order valence-electron chi connectivity index (χ3n) is 3.52. The van der Waals surface area contributed by atoms with Gasteiger partial charge < -0.3 is 10.2 Å². The zero-order valence-electron chi connectivity index (χ0n) is 11.8. The van der Waals surface area contributed by atoms with E-state index in [0.717, 1.165) is 25.7 Å². The highest BCUT2D eigenvalue weighted by Crippen LogP contribution is 2.12. The van der Waals surface area contributed by atoms with Gasteiger partial charge in [0.1, 0.15) is 0 Å². The van der Waals surface area contributed by atoms with Gasteiger partial charge in [-0.1, -0.05) is 58.8 Å². The first kappa shape index (κ1) is 16.9. The predicted molar refractivity (Wildman–Crippen MR) is 74.1 cm³/mol. The van der Waals surface area contributed by atoms with Gasteiger partial charge in [0.15, 0.2) is 0 Å². The van der Waals surface area contributed by atoms with E-state index in [1.54, 1.807) is 0 Å². The van der Waals surface area contributed by atoms with E-state index < -0.39 is 0 Å². The van der Waals surface area contributed by atoms with Gasteiger partial charge in [-0.25, -0.2) is 0 Å². The first-order valence-corrected chi connectivity index (χ1v) is 7.56. The van der Waals surface area contributed by atoms with E-state index in [9.17, 15) is 10.2 Å². The van der Waals surface area contributed by atoms with Crippen molar-refractivity contribution in [2.24, 2.45) is 0 Å². The van der Waals surface area contributed by atoms with Gasteiger partial charge in [0, 0.05) is 0 Å². The lowest BCUT2D eigenvalue weighted by molar-refractivity contribution is 0.156. The minimum atomic E-state index is -0.0782. The Hall–Kier alpha value is -0.0800. The quantitative estimate of drug-likeness (QED) is 0.509. The second kappa shape index (κ2) is 12.4. The highest BCUT2D eigenvalue weighted by molar-refractivity contribution is 4.55. The predicted octanol–water partition coefficient (Wildman–Crippen LogP) is 4.04. The van der Waals surface area contributed by atoms with Crippen molar-refractivity contribution in [3.05, 3.63) is 0 Å². The Morgan fingerprint density at radius 3 is 1.18 bits per heavy atom. The smallest absolute Gasteiger partial charge is 0.0537 e. The molecule has 17 heavy (non-hydrogen) atoms. The summed E-state index contributed by atoms with van der Waals surface area (Å²) in [5, 5.41) is 18.8. The van der Waals surface area contributed by atoms with Crippen LogP contribution in [0.15, 0.2) is 0 Å². The molecule has 0 saturated heterocycles. The first-order chi connectivity index (χ1) is 8.20. The van der Waals surface area contributed by atoms with Crippen LogP contribution in [0.3, 0.4) is 0 Å². The highest BCUT2D eigenvalue weighted by atomic mass is 16.3. The summed E-state index contributed by atoms with van der Waals surface area (Å²) in [6, 6.07) is 0. The van der Waals surface area contributed by atoms with E-state index in [1.165, 1.54) is 44.9 Å². The average molecular weight is 244 g/mol. The van der Waals surface area contributed by atoms with Crippen LogP contribution in [-0.2, 0) is 0 Å². The normalized spacial score (nSPS) is 14.8. The van der Waals surface area contributed by atoms with Crippen LogP contribution in [0.1, 0.15) is 84.5 Å². The van der Waals surface area contributed by atoms with Crippen molar-refractivity contribution in [2.75, 3.05) is 0 Å². The molecule has 0 radical (unpaired) electrons. The number of hydrogen-bond acceptors (Lipinski definition) is 2. The molecule has 2 atom stereocenters. The Bertz CT molecular complexity index is 132. The van der Waals surface area contributed by atoms with Crippen LogP contribution in [0.25, 0.3) is 0 Å². The van der Waals surface area contributed by atoms with Crippen LogP contribution in [0, 0.1) is 0 Å². The molecule has 0 aliphatic heterocycles. The summed E-state index contributed by atoms with van der Waals surface area (Å²) in [5.74, 6) is 0. The van der Waals surface area contributed by atoms with Crippen molar-refractivity contribution in [2.45, 2.75) is 96.7 Å². The molecule has 2 N–H and O–H groups in total. The maximum absolute atomic E-state index is 9.38. The van der Waals surface area contributed by atoms with Crippen molar-refractivity contribution in [1.82, 2.24) is 0 Å². The fourth-order valence-corrected chi connectivity index (χ4v) is 2.05. The van der Waals surface area contributed by atoms with Crippen molar-refractivity contribution in [3.63, 3.8) is 0 Å². The molecule has 0 aromatic carbocycles. The first-order valence-electron chi connectivity index (χ1n) is 7.56. The number of hydrogen-bond donors (Lipinski definition) is 2. The number of unbranched alkanes of at least 4 members (excludes halogenated alkanes) is 6. The van der Waals surface area contributed by atoms with Crippen molar-refractivity contribution in [3.8, 4) is 0 Å². The molecule has 0 aliphatic rings. The Morgan fingerprint density at radius 2 is 0.882 bits per heavy atom. The van der Waals surface area contributed by atoms with Gasteiger partial charge >= 0.3 is 0 Å². The van der Waals surface area contributed by atoms with Crippen molar-refractivity contribution in [1.29, 1.82) is 0 Å². The van der Waals surface area contributed by atoms with Gasteiger partial charge in [0.25, 0.3) is 0 Å². The molecule has 0 rings (SSSR count). The molecule has 0 fully saturated rings. The Labute approximate surface area is 107 Å². The molecule has 0 amide bonds. The molecule has 0 aliphatic carbocycles. The third kappa shape index (κ3) is 12.2. The largest absolute Gasteiger partial charge is 0.393 e. The fraction of sp³-hybridized carbons (Fsp3) is 1.00. The molecule has 2 unspecified atom stereocenters. The van der Waals surface area contributed by atoms with Crippen LogP contribution in [-0.4, -0.2) is 22.4 Å². The fourth-order valence-electron chi connectivity index (χ4n) is 2.05. The second-order valence-electron chi connectivity index (χ2n) is 5.18. The Balaban J connectivity index is 3.04. The Kier molecular flexibility index (Phi) is 12.3. The number of aliphatic hydroxyl groups excluding tert-OH is 2. The molecule has 0 spiro atoms. The second-order valence-corrected chi connectivity index (χ2v) is 5.18. The van der Waals surface area contributed by atoms with E-state index in [0.29, 0.717) is 0 Å². The molecule has 0 aromatic heterocycles. The molecule has 0 aromatic rings. The topological polar surface area (TPSA) is 40.5 Å². The summed E-state index contributed by atoms with van der Waals surface area (Å²) < 4.78 is 0. The maximum atomic E-state index is 9.38. The monoisotopic (exact) mass is 244 g/mol. The van der Waals surface area contributed by atoms with Gasteiger partial charge in [-0.3, -0.25) is 0 Å². The van der Waals surface area contributed by atoms with Crippen molar-refractivity contribution < 1.29 is 10.2 Å². The summed E-state index contributed by atoms with van der Waals surface area (Å²) in [6.45, 7) is 4.07. The van der Waals surface area contributed by atoms with Crippen LogP contribution in [0.5, 0.6) is 0 Å². The lowest BCUT2D eigenvalue weighted by Gasteiger charge is -2.08. The van der Waals surface area contributed by atoms with Crippen LogP contribution in [0.4, 0.5) is 0 Å². The summed E-state index contributed by atoms with van der Waals surface area (Å²) in [5.41, 5.74) is 0. The van der Waals surface area contributed by atoms with Crippen molar-refractivity contribution >= 4 is 0 Å². The van der Waals surface area contributed by atoms with Gasteiger partial charge in [-0.2, -0.15) is 0 Å². The van der Waals surface area contributed by atoms with Crippen LogP contribution >= 0.6 is 0 Å². The number of aliphatic hydroxyl groups is 2. The summed E-state index contributed by atoms with van der Waals surface area (Å²) in [7, 11) is 0. The SMILES string of the molecule is CCC(O)CCCCCCCCCC(O)CC. The third-order valence-corrected chi connectivity index (χ3v) is 3.52. The lowest BCUT2D eigenvalue weighted by atomic mass is 10.0. The van der Waals surface area contributed by atoms with Gasteiger partial charge in [-0.15, -0.1) is 0 Å². The molecule has 0 heterocycles. The van der Waals surface area contributed by atoms with Gasteiger partial charge in [0.05, 0.1) is 12.2 Å². The van der Waals surface area contributed by atoms with Gasteiger partial charge in [-0.05, 0) is 25.7 Å². The summed E-state index contributed by atoms with van der Waals surface area (Å²) in [4.78, 5) is 0. The molecule has 2 nitrogen and oxygen atoms in total. The van der Waals surface area contributed by atoms with E-state index in [2.05, 4.69) is 0 Å². The zero-order valence-corrected chi connectivity index (χ0v) is 11.8. The van der Waals surface area contributed by atoms with E-state index in [1.807, 2.05) is 13.8 Å². The molecule has 104 valence electrons. The van der Waals surface area contributed by atoms with Crippen LogP contribution in [0.2, 0.25) is 0 Å². The Morgan fingerprint density at radius 1 is 0.588 bits per heavy atom. The van der Waals surface area contributed by atoms with E-state index in [4.69, 9.17) is 0 Å². The standard InChI is InChI=1S/C15H32O2/c1-3-14(16)12-10-8-6-5-7-9-11-13-15(17)4-2/h14-17H,3-13H2,1-2H3. The minimum Gasteiger partial charge on any atom is -0.393 e. The van der Waals surface area contributed by atoms with E-state index in [-0.39, 0.29) is 12.2 Å². The summed E-state index contributed by atoms with van der Waals surface area (Å²) in [6.07, 6.45) is 12.3. The molecule has 0 bridgehead atoms.